The quantitative estimate of drug-likeness (QED) is 0.398. The molecule has 0 radical (unpaired) electrons. The molecular weight excluding hydrogens is 302 g/mol. The van der Waals surface area contributed by atoms with Crippen molar-refractivity contribution in [3.8, 4) is 6.07 Å². The number of aliphatic imine (C=N–C) groups is 2. The van der Waals surface area contributed by atoms with Gasteiger partial charge in [-0.3, -0.25) is 0 Å². The van der Waals surface area contributed by atoms with Gasteiger partial charge in [0.25, 0.3) is 0 Å². The van der Waals surface area contributed by atoms with Crippen LogP contribution in [0.3, 0.4) is 0 Å². The molecule has 0 heterocycles. The minimum absolute atomic E-state index is 0.340. The number of nitriles is 1. The molecule has 0 saturated carbocycles. The molecule has 0 fully saturated rings. The fourth-order valence-corrected chi connectivity index (χ4v) is 2.50. The first kappa shape index (κ1) is 17.8. The van der Waals surface area contributed by atoms with Crippen molar-refractivity contribution < 1.29 is 9.59 Å². The number of carbonyl (C=O) groups excluding carboxylic acids is 2. The highest BCUT2D eigenvalue weighted by Crippen LogP contribution is 2.34. The molecule has 0 unspecified atom stereocenters. The van der Waals surface area contributed by atoms with Crippen molar-refractivity contribution in [3.63, 3.8) is 0 Å². The van der Waals surface area contributed by atoms with E-state index in [1.807, 2.05) is 12.1 Å². The fraction of sp³-hybridized carbons (Fsp3) is 0.438. The number of isocyanates is 2. The maximum Gasteiger partial charge on any atom is 0.234 e. The van der Waals surface area contributed by atoms with E-state index in [0.717, 1.165) is 5.56 Å². The number of rotatable bonds is 9. The molecule has 0 N–H and O–H groups in total. The van der Waals surface area contributed by atoms with Crippen LogP contribution >= 0.6 is 11.6 Å². The van der Waals surface area contributed by atoms with Crippen LogP contribution in [0.2, 0.25) is 5.02 Å². The molecule has 1 rings (SSSR count). The van der Waals surface area contributed by atoms with Gasteiger partial charge >= 0.3 is 0 Å². The van der Waals surface area contributed by atoms with Crippen molar-refractivity contribution >= 4 is 23.8 Å². The van der Waals surface area contributed by atoms with E-state index >= 15 is 0 Å². The molecular formula is C16H16ClN3O2. The Hall–Kier alpha value is -2.24. The summed E-state index contributed by atoms with van der Waals surface area (Å²) in [6, 6.07) is 9.54. The molecule has 114 valence electrons. The molecule has 0 aliphatic heterocycles. The van der Waals surface area contributed by atoms with Crippen LogP contribution in [0.25, 0.3) is 0 Å². The first-order chi connectivity index (χ1) is 10.7. The molecule has 0 aliphatic carbocycles. The van der Waals surface area contributed by atoms with Gasteiger partial charge in [-0.2, -0.15) is 5.26 Å². The van der Waals surface area contributed by atoms with E-state index in [4.69, 9.17) is 11.6 Å². The SMILES string of the molecule is N#CC(CCCN=C=O)(CCCN=C=O)c1ccc(Cl)cc1. The first-order valence-electron chi connectivity index (χ1n) is 6.93. The molecule has 0 bridgehead atoms. The molecule has 22 heavy (non-hydrogen) atoms. The molecule has 5 nitrogen and oxygen atoms in total. The zero-order chi connectivity index (χ0) is 16.3. The topological polar surface area (TPSA) is 82.7 Å². The van der Waals surface area contributed by atoms with Crippen LogP contribution in [-0.4, -0.2) is 25.2 Å². The van der Waals surface area contributed by atoms with Crippen LogP contribution < -0.4 is 0 Å². The average Bonchev–Trinajstić information content (AvgIpc) is 2.54. The molecule has 0 spiro atoms. The molecule has 0 amide bonds. The summed E-state index contributed by atoms with van der Waals surface area (Å²) < 4.78 is 0. The summed E-state index contributed by atoms with van der Waals surface area (Å²) >= 11 is 5.90. The second-order valence-electron chi connectivity index (χ2n) is 4.85. The third kappa shape index (κ3) is 5.27. The van der Waals surface area contributed by atoms with Crippen molar-refractivity contribution in [1.29, 1.82) is 5.26 Å². The van der Waals surface area contributed by atoms with Crippen LogP contribution in [0.1, 0.15) is 31.2 Å². The third-order valence-corrected chi connectivity index (χ3v) is 3.74. The van der Waals surface area contributed by atoms with Gasteiger partial charge in [0.15, 0.2) is 0 Å². The van der Waals surface area contributed by atoms with E-state index in [1.165, 1.54) is 12.2 Å². The Labute approximate surface area is 134 Å². The van der Waals surface area contributed by atoms with Gasteiger partial charge in [-0.1, -0.05) is 23.7 Å². The van der Waals surface area contributed by atoms with E-state index in [9.17, 15) is 14.9 Å². The number of halogens is 1. The van der Waals surface area contributed by atoms with Crippen LogP contribution in [0.5, 0.6) is 0 Å². The van der Waals surface area contributed by atoms with Crippen LogP contribution in [0, 0.1) is 11.3 Å². The lowest BCUT2D eigenvalue weighted by molar-refractivity contribution is 0.440. The van der Waals surface area contributed by atoms with Gasteiger partial charge in [-0.05, 0) is 43.4 Å². The minimum atomic E-state index is -0.707. The summed E-state index contributed by atoms with van der Waals surface area (Å²) in [5.74, 6) is 0. The summed E-state index contributed by atoms with van der Waals surface area (Å²) in [5.41, 5.74) is 0.158. The van der Waals surface area contributed by atoms with Crippen LogP contribution in [-0.2, 0) is 15.0 Å². The zero-order valence-electron chi connectivity index (χ0n) is 12.1. The van der Waals surface area contributed by atoms with E-state index in [1.54, 1.807) is 12.1 Å². The minimum Gasteiger partial charge on any atom is -0.211 e. The van der Waals surface area contributed by atoms with E-state index in [0.29, 0.717) is 43.8 Å². The summed E-state index contributed by atoms with van der Waals surface area (Å²) in [6.07, 6.45) is 5.30. The normalized spacial score (nSPS) is 12.4. The lowest BCUT2D eigenvalue weighted by atomic mass is 9.74. The second kappa shape index (κ2) is 9.65. The van der Waals surface area contributed by atoms with Gasteiger partial charge in [-0.25, -0.2) is 19.6 Å². The number of benzene rings is 1. The molecule has 0 saturated heterocycles. The van der Waals surface area contributed by atoms with Crippen molar-refractivity contribution in [3.05, 3.63) is 34.9 Å². The maximum atomic E-state index is 10.1. The maximum absolute atomic E-state index is 10.1. The highest BCUT2D eigenvalue weighted by Gasteiger charge is 2.31. The Morgan fingerprint density at radius 1 is 1.00 bits per heavy atom. The van der Waals surface area contributed by atoms with Crippen molar-refractivity contribution in [2.45, 2.75) is 31.1 Å². The van der Waals surface area contributed by atoms with E-state index < -0.39 is 5.41 Å². The summed E-state index contributed by atoms with van der Waals surface area (Å²) in [7, 11) is 0. The predicted octanol–water partition coefficient (Wildman–Crippen LogP) is 3.33. The smallest absolute Gasteiger partial charge is 0.211 e. The molecule has 0 aromatic heterocycles. The zero-order valence-corrected chi connectivity index (χ0v) is 12.8. The largest absolute Gasteiger partial charge is 0.234 e. The molecule has 1 aromatic carbocycles. The van der Waals surface area contributed by atoms with Crippen molar-refractivity contribution in [2.24, 2.45) is 9.98 Å². The number of nitrogens with zero attached hydrogens (tertiary/aromatic N) is 3. The Bertz CT molecular complexity index is 585. The van der Waals surface area contributed by atoms with Crippen molar-refractivity contribution in [2.75, 3.05) is 13.1 Å². The predicted molar refractivity (Wildman–Crippen MR) is 83.2 cm³/mol. The Morgan fingerprint density at radius 2 is 1.50 bits per heavy atom. The number of hydrogen-bond acceptors (Lipinski definition) is 5. The van der Waals surface area contributed by atoms with E-state index in [-0.39, 0.29) is 0 Å². The summed E-state index contributed by atoms with van der Waals surface area (Å²) in [6.45, 7) is 0.681. The lowest BCUT2D eigenvalue weighted by Crippen LogP contribution is -2.25. The van der Waals surface area contributed by atoms with Gasteiger partial charge in [0.05, 0.1) is 24.6 Å². The van der Waals surface area contributed by atoms with Crippen molar-refractivity contribution in [1.82, 2.24) is 0 Å². The summed E-state index contributed by atoms with van der Waals surface area (Å²) in [4.78, 5) is 27.3. The Kier molecular flexibility index (Phi) is 7.81. The van der Waals surface area contributed by atoms with Gasteiger partial charge in [0.1, 0.15) is 0 Å². The monoisotopic (exact) mass is 317 g/mol. The molecule has 6 heteroatoms. The van der Waals surface area contributed by atoms with Gasteiger partial charge in [0, 0.05) is 5.02 Å². The second-order valence-corrected chi connectivity index (χ2v) is 5.29. The van der Waals surface area contributed by atoms with Crippen LogP contribution in [0.15, 0.2) is 34.3 Å². The third-order valence-electron chi connectivity index (χ3n) is 3.49. The highest BCUT2D eigenvalue weighted by molar-refractivity contribution is 6.30. The van der Waals surface area contributed by atoms with Gasteiger partial charge in [-0.15, -0.1) is 0 Å². The van der Waals surface area contributed by atoms with E-state index in [2.05, 4.69) is 16.1 Å². The number of hydrogen-bond donors (Lipinski definition) is 0. The van der Waals surface area contributed by atoms with Gasteiger partial charge < -0.3 is 0 Å². The van der Waals surface area contributed by atoms with Crippen LogP contribution in [0.4, 0.5) is 0 Å². The average molecular weight is 318 g/mol. The Balaban J connectivity index is 2.94. The Morgan fingerprint density at radius 3 is 1.91 bits per heavy atom. The highest BCUT2D eigenvalue weighted by atomic mass is 35.5. The fourth-order valence-electron chi connectivity index (χ4n) is 2.37. The first-order valence-corrected chi connectivity index (χ1v) is 7.31. The lowest BCUT2D eigenvalue weighted by Gasteiger charge is -2.27. The molecule has 1 aromatic rings. The van der Waals surface area contributed by atoms with Gasteiger partial charge in [0.2, 0.25) is 12.2 Å². The standard InChI is InChI=1S/C16H16ClN3O2/c17-15-5-3-14(4-6-15)16(11-18,7-1-9-19-12-21)8-2-10-20-13-22/h3-6H,1-2,7-10H2. The molecule has 0 aliphatic rings. The summed E-state index contributed by atoms with van der Waals surface area (Å²) in [5, 5.41) is 10.3. The molecule has 0 atom stereocenters.